The summed E-state index contributed by atoms with van der Waals surface area (Å²) in [7, 11) is 0. The fraction of sp³-hybridized carbons (Fsp3) is 0.333. The average Bonchev–Trinajstić information content (AvgIpc) is 2.16. The minimum absolute atomic E-state index is 0.0163. The average molecular weight is 219 g/mol. The van der Waals surface area contributed by atoms with Crippen LogP contribution in [0.5, 0.6) is 0 Å². The van der Waals surface area contributed by atoms with Crippen LogP contribution in [0.15, 0.2) is 29.4 Å². The van der Waals surface area contributed by atoms with Gasteiger partial charge in [0.2, 0.25) is 6.21 Å². The van der Waals surface area contributed by atoms with E-state index < -0.39 is 0 Å². The summed E-state index contributed by atoms with van der Waals surface area (Å²) in [5.41, 5.74) is 12.9. The first-order chi connectivity index (χ1) is 7.39. The van der Waals surface area contributed by atoms with Crippen LogP contribution >= 0.6 is 0 Å². The van der Waals surface area contributed by atoms with Crippen molar-refractivity contribution in [2.24, 2.45) is 16.6 Å². The largest absolute Gasteiger partial charge is 0.365 e. The molecule has 0 spiro atoms. The lowest BCUT2D eigenvalue weighted by Crippen LogP contribution is -2.63. The molecule has 0 aromatic heterocycles. The molecule has 1 aromatic carbocycles. The molecule has 0 fully saturated rings. The third kappa shape index (κ3) is 3.73. The van der Waals surface area contributed by atoms with Crippen LogP contribution in [0.1, 0.15) is 31.9 Å². The highest BCUT2D eigenvalue weighted by Gasteiger charge is 2.12. The van der Waals surface area contributed by atoms with E-state index in [2.05, 4.69) is 43.1 Å². The first-order valence-corrected chi connectivity index (χ1v) is 5.17. The van der Waals surface area contributed by atoms with Crippen LogP contribution in [0.2, 0.25) is 0 Å². The van der Waals surface area contributed by atoms with E-state index in [-0.39, 0.29) is 11.4 Å². The Bertz CT molecular complexity index is 392. The van der Waals surface area contributed by atoms with Gasteiger partial charge in [-0.25, -0.2) is 0 Å². The minimum atomic E-state index is 0.0163. The van der Waals surface area contributed by atoms with Crippen LogP contribution in [0.25, 0.3) is 0 Å². The van der Waals surface area contributed by atoms with Crippen LogP contribution < -0.4 is 16.6 Å². The van der Waals surface area contributed by atoms with Gasteiger partial charge in [-0.3, -0.25) is 0 Å². The third-order valence-electron chi connectivity index (χ3n) is 2.20. The standard InChI is InChI=1S/C12H18N4/c1-12(2,3)10-6-4-9(5-7-10)8-15-16-11(13)14/h4-8H,1-3H3,(H4,13,14,16)/p+1. The Kier molecular flexibility index (Phi) is 3.66. The lowest BCUT2D eigenvalue weighted by Gasteiger charge is -2.18. The zero-order valence-corrected chi connectivity index (χ0v) is 9.99. The molecule has 0 saturated carbocycles. The molecule has 4 nitrogen and oxygen atoms in total. The van der Waals surface area contributed by atoms with Crippen LogP contribution in [0.3, 0.4) is 0 Å². The summed E-state index contributed by atoms with van der Waals surface area (Å²) in [4.78, 5) is 0. The van der Waals surface area contributed by atoms with Crippen LogP contribution in [-0.2, 0) is 5.41 Å². The van der Waals surface area contributed by atoms with Crippen molar-refractivity contribution < 1.29 is 5.10 Å². The summed E-state index contributed by atoms with van der Waals surface area (Å²) in [6.45, 7) is 6.55. The molecule has 0 amide bonds. The van der Waals surface area contributed by atoms with Crippen molar-refractivity contribution in [3.05, 3.63) is 35.4 Å². The molecule has 0 saturated heterocycles. The monoisotopic (exact) mass is 219 g/mol. The van der Waals surface area contributed by atoms with E-state index in [0.29, 0.717) is 0 Å². The molecule has 1 rings (SSSR count). The van der Waals surface area contributed by atoms with Gasteiger partial charge in [-0.05, 0) is 23.1 Å². The second-order valence-electron chi connectivity index (χ2n) is 4.68. The smallest absolute Gasteiger partial charge is 0.256 e. The molecule has 0 bridgehead atoms. The number of nitrogens with two attached hydrogens (primary N) is 2. The van der Waals surface area contributed by atoms with E-state index in [0.717, 1.165) is 5.56 Å². The van der Waals surface area contributed by atoms with Crippen molar-refractivity contribution in [3.8, 4) is 0 Å². The van der Waals surface area contributed by atoms with Gasteiger partial charge >= 0.3 is 0 Å². The van der Waals surface area contributed by atoms with Crippen molar-refractivity contribution in [2.45, 2.75) is 26.2 Å². The van der Waals surface area contributed by atoms with Gasteiger partial charge in [0.25, 0.3) is 5.96 Å². The summed E-state index contributed by atoms with van der Waals surface area (Å²) >= 11 is 0. The Morgan fingerprint density at radius 3 is 2.19 bits per heavy atom. The molecule has 1 aromatic rings. The molecule has 0 radical (unpaired) electrons. The second kappa shape index (κ2) is 4.79. The molecule has 0 unspecified atom stereocenters. The number of rotatable bonds is 2. The number of benzene rings is 1. The van der Waals surface area contributed by atoms with Gasteiger partial charge in [-0.2, -0.15) is 0 Å². The maximum atomic E-state index is 5.18. The molecular formula is C12H19N4+. The summed E-state index contributed by atoms with van der Waals surface area (Å²) in [5, 5.41) is 6.33. The van der Waals surface area contributed by atoms with Crippen LogP contribution in [0, 0.1) is 0 Å². The molecule has 16 heavy (non-hydrogen) atoms. The molecule has 0 heterocycles. The highest BCUT2D eigenvalue weighted by molar-refractivity contribution is 5.77. The molecule has 0 aliphatic carbocycles. The van der Waals surface area contributed by atoms with Crippen LogP contribution in [0.4, 0.5) is 0 Å². The molecule has 4 heteroatoms. The Morgan fingerprint density at radius 1 is 1.19 bits per heavy atom. The summed E-state index contributed by atoms with van der Waals surface area (Å²) in [6.07, 6.45) is 1.74. The molecule has 86 valence electrons. The summed E-state index contributed by atoms with van der Waals surface area (Å²) in [6, 6.07) is 8.25. The minimum Gasteiger partial charge on any atom is -0.365 e. The Hall–Kier alpha value is -1.84. The molecular weight excluding hydrogens is 200 g/mol. The van der Waals surface area contributed by atoms with E-state index in [1.807, 2.05) is 12.1 Å². The highest BCUT2D eigenvalue weighted by atomic mass is 15.3. The van der Waals surface area contributed by atoms with Gasteiger partial charge in [0.1, 0.15) is 0 Å². The quantitative estimate of drug-likeness (QED) is 0.362. The number of hydrogen-bond acceptors (Lipinski definition) is 1. The molecule has 5 N–H and O–H groups in total. The van der Waals surface area contributed by atoms with Gasteiger partial charge in [-0.15, -0.1) is 5.10 Å². The fourth-order valence-electron chi connectivity index (χ4n) is 1.26. The van der Waals surface area contributed by atoms with E-state index in [1.54, 1.807) is 6.21 Å². The lowest BCUT2D eigenvalue weighted by atomic mass is 9.87. The molecule has 0 aliphatic heterocycles. The van der Waals surface area contributed by atoms with Gasteiger partial charge in [0.15, 0.2) is 0 Å². The maximum Gasteiger partial charge on any atom is 0.256 e. The number of nitrogens with zero attached hydrogens (tertiary/aromatic N) is 1. The number of hydrogen-bond donors (Lipinski definition) is 3. The van der Waals surface area contributed by atoms with Gasteiger partial charge in [-0.1, -0.05) is 32.9 Å². The summed E-state index contributed by atoms with van der Waals surface area (Å²) < 4.78 is 0. The van der Waals surface area contributed by atoms with Crippen molar-refractivity contribution in [1.82, 2.24) is 0 Å². The van der Waals surface area contributed by atoms with E-state index in [9.17, 15) is 0 Å². The van der Waals surface area contributed by atoms with Crippen molar-refractivity contribution in [2.75, 3.05) is 0 Å². The summed E-state index contributed by atoms with van der Waals surface area (Å²) in [5.74, 6) is 0.0163. The van der Waals surface area contributed by atoms with Gasteiger partial charge < -0.3 is 11.5 Å². The first-order valence-electron chi connectivity index (χ1n) is 5.17. The zero-order valence-electron chi connectivity index (χ0n) is 9.99. The van der Waals surface area contributed by atoms with Gasteiger partial charge in [0, 0.05) is 10.7 Å². The van der Waals surface area contributed by atoms with Crippen molar-refractivity contribution in [3.63, 3.8) is 0 Å². The SMILES string of the molecule is CC(C)(C)c1ccc(C=[NH+]N=C(N)N)cc1. The van der Waals surface area contributed by atoms with Gasteiger partial charge in [0.05, 0.1) is 0 Å². The Morgan fingerprint density at radius 2 is 1.75 bits per heavy atom. The highest BCUT2D eigenvalue weighted by Crippen LogP contribution is 2.21. The van der Waals surface area contributed by atoms with E-state index in [1.165, 1.54) is 5.56 Å². The first kappa shape index (κ1) is 12.2. The predicted octanol–water partition coefficient (Wildman–Crippen LogP) is -0.328. The number of nitrogens with one attached hydrogen (secondary N) is 1. The van der Waals surface area contributed by atoms with E-state index in [4.69, 9.17) is 11.5 Å². The second-order valence-corrected chi connectivity index (χ2v) is 4.68. The fourth-order valence-corrected chi connectivity index (χ4v) is 1.26. The van der Waals surface area contributed by atoms with E-state index >= 15 is 0 Å². The Labute approximate surface area is 96.1 Å². The van der Waals surface area contributed by atoms with Crippen LogP contribution in [-0.4, -0.2) is 12.2 Å². The molecule has 0 aliphatic rings. The normalized spacial score (nSPS) is 11.7. The lowest BCUT2D eigenvalue weighted by molar-refractivity contribution is -0.456. The van der Waals surface area contributed by atoms with Crippen molar-refractivity contribution >= 4 is 12.2 Å². The number of guanidine groups is 1. The predicted molar refractivity (Wildman–Crippen MR) is 67.1 cm³/mol. The van der Waals surface area contributed by atoms with Crippen molar-refractivity contribution in [1.29, 1.82) is 0 Å². The Balaban J connectivity index is 2.80. The zero-order chi connectivity index (χ0) is 12.2. The maximum absolute atomic E-state index is 5.18. The third-order valence-corrected chi connectivity index (χ3v) is 2.20. The number of hydrazone groups is 1. The molecule has 0 atom stereocenters. The topological polar surface area (TPSA) is 78.4 Å².